The average Bonchev–Trinajstić information content (AvgIpc) is 3.28. The fourth-order valence-electron chi connectivity index (χ4n) is 4.21. The van der Waals surface area contributed by atoms with Gasteiger partial charge >= 0.3 is 0 Å². The number of aliphatic hydroxyl groups is 1. The van der Waals surface area contributed by atoms with Crippen LogP contribution in [0.25, 0.3) is 0 Å². The topological polar surface area (TPSA) is 49.2 Å². The zero-order valence-corrected chi connectivity index (χ0v) is 17.9. The van der Waals surface area contributed by atoms with Crippen LogP contribution in [-0.2, 0) is 25.4 Å². The molecule has 1 aliphatic rings. The predicted octanol–water partition coefficient (Wildman–Crippen LogP) is 5.35. The van der Waals surface area contributed by atoms with Gasteiger partial charge in [-0.2, -0.15) is 0 Å². The third-order valence-corrected chi connectivity index (χ3v) is 6.03. The van der Waals surface area contributed by atoms with Crippen molar-refractivity contribution >= 4 is 5.82 Å². The number of halogens is 3. The third-order valence-electron chi connectivity index (χ3n) is 6.03. The minimum Gasteiger partial charge on any atom is -0.392 e. The lowest BCUT2D eigenvalue weighted by Crippen LogP contribution is -2.25. The summed E-state index contributed by atoms with van der Waals surface area (Å²) in [5.74, 6) is -3.05. The Bertz CT molecular complexity index is 1050. The summed E-state index contributed by atoms with van der Waals surface area (Å²) in [6.45, 7) is 1.51. The van der Waals surface area contributed by atoms with Gasteiger partial charge < -0.3 is 10.0 Å². The van der Waals surface area contributed by atoms with Crippen LogP contribution in [0.2, 0.25) is 0 Å². The number of anilines is 1. The number of aliphatic hydroxyl groups excluding tert-OH is 1. The number of alkyl halides is 2. The van der Waals surface area contributed by atoms with Crippen molar-refractivity contribution in [3.05, 3.63) is 88.6 Å². The van der Waals surface area contributed by atoms with Gasteiger partial charge in [0.05, 0.1) is 18.3 Å². The maximum atomic E-state index is 15.4. The van der Waals surface area contributed by atoms with Crippen molar-refractivity contribution < 1.29 is 18.3 Å². The van der Waals surface area contributed by atoms with Crippen molar-refractivity contribution in [2.24, 2.45) is 0 Å². The Balaban J connectivity index is 1.52. The SMILES string of the molecule is CC(F)(F)c1ccc(C2CCCN2c2ncnc(CCc3ccc(CO)cc3)c2F)cc1. The summed E-state index contributed by atoms with van der Waals surface area (Å²) in [6, 6.07) is 13.7. The molecule has 0 amide bonds. The van der Waals surface area contributed by atoms with Crippen molar-refractivity contribution in [1.29, 1.82) is 0 Å². The largest absolute Gasteiger partial charge is 0.392 e. The summed E-state index contributed by atoms with van der Waals surface area (Å²) < 4.78 is 42.5. The fraction of sp³-hybridized carbons (Fsp3) is 0.360. The molecule has 3 aromatic rings. The fourth-order valence-corrected chi connectivity index (χ4v) is 4.21. The molecule has 0 aliphatic carbocycles. The van der Waals surface area contributed by atoms with E-state index in [0.29, 0.717) is 25.1 Å². The minimum atomic E-state index is -2.89. The Labute approximate surface area is 185 Å². The summed E-state index contributed by atoms with van der Waals surface area (Å²) in [7, 11) is 0. The molecule has 7 heteroatoms. The molecule has 1 N–H and O–H groups in total. The number of aromatic nitrogens is 2. The molecule has 1 atom stereocenters. The highest BCUT2D eigenvalue weighted by molar-refractivity contribution is 5.46. The summed E-state index contributed by atoms with van der Waals surface area (Å²) in [5, 5.41) is 9.16. The molecule has 32 heavy (non-hydrogen) atoms. The van der Waals surface area contributed by atoms with Crippen molar-refractivity contribution in [1.82, 2.24) is 9.97 Å². The molecule has 2 aromatic carbocycles. The van der Waals surface area contributed by atoms with Gasteiger partial charge in [0.25, 0.3) is 5.92 Å². The van der Waals surface area contributed by atoms with Crippen molar-refractivity contribution in [3.8, 4) is 0 Å². The molecule has 0 bridgehead atoms. The van der Waals surface area contributed by atoms with Crippen LogP contribution in [0.1, 0.15) is 53.8 Å². The lowest BCUT2D eigenvalue weighted by molar-refractivity contribution is 0.0174. The van der Waals surface area contributed by atoms with Gasteiger partial charge in [-0.3, -0.25) is 0 Å². The van der Waals surface area contributed by atoms with E-state index in [1.54, 1.807) is 12.1 Å². The maximum Gasteiger partial charge on any atom is 0.270 e. The number of aryl methyl sites for hydroxylation is 2. The molecule has 0 saturated carbocycles. The molecule has 1 saturated heterocycles. The molecule has 1 fully saturated rings. The van der Waals surface area contributed by atoms with Gasteiger partial charge in [-0.15, -0.1) is 0 Å². The van der Waals surface area contributed by atoms with Crippen LogP contribution < -0.4 is 4.90 Å². The lowest BCUT2D eigenvalue weighted by atomic mass is 10.0. The molecule has 168 valence electrons. The average molecular weight is 441 g/mol. The first kappa shape index (κ1) is 22.3. The molecule has 0 radical (unpaired) electrons. The first-order valence-corrected chi connectivity index (χ1v) is 10.8. The van der Waals surface area contributed by atoms with Crippen LogP contribution in [0.5, 0.6) is 0 Å². The van der Waals surface area contributed by atoms with Crippen LogP contribution in [0.4, 0.5) is 19.0 Å². The van der Waals surface area contributed by atoms with Crippen molar-refractivity contribution in [2.75, 3.05) is 11.4 Å². The van der Waals surface area contributed by atoms with E-state index in [2.05, 4.69) is 9.97 Å². The van der Waals surface area contributed by atoms with E-state index in [4.69, 9.17) is 5.11 Å². The standard InChI is InChI=1S/C25H26F3N3O/c1-25(27,28)20-11-9-19(10-12-20)22-3-2-14-31(22)24-23(26)21(29-16-30-24)13-8-17-4-6-18(15-32)7-5-17/h4-7,9-12,16,22,32H,2-3,8,13-15H2,1H3. The zero-order chi connectivity index (χ0) is 22.7. The quantitative estimate of drug-likeness (QED) is 0.537. The lowest BCUT2D eigenvalue weighted by Gasteiger charge is -2.27. The molecule has 1 unspecified atom stereocenters. The summed E-state index contributed by atoms with van der Waals surface area (Å²) in [6.07, 6.45) is 4.11. The van der Waals surface area contributed by atoms with Gasteiger partial charge in [0.2, 0.25) is 0 Å². The highest BCUT2D eigenvalue weighted by Crippen LogP contribution is 2.37. The summed E-state index contributed by atoms with van der Waals surface area (Å²) in [5.41, 5.74) is 3.06. The summed E-state index contributed by atoms with van der Waals surface area (Å²) in [4.78, 5) is 10.3. The molecule has 4 rings (SSSR count). The van der Waals surface area contributed by atoms with Crippen LogP contribution >= 0.6 is 0 Å². The first-order valence-electron chi connectivity index (χ1n) is 10.8. The van der Waals surface area contributed by atoms with Crippen molar-refractivity contribution in [2.45, 2.75) is 51.2 Å². The monoisotopic (exact) mass is 441 g/mol. The van der Waals surface area contributed by atoms with E-state index < -0.39 is 11.7 Å². The van der Waals surface area contributed by atoms with E-state index in [1.165, 1.54) is 18.5 Å². The first-order chi connectivity index (χ1) is 15.4. The minimum absolute atomic E-state index is 0.00915. The Morgan fingerprint density at radius 3 is 2.34 bits per heavy atom. The molecule has 4 nitrogen and oxygen atoms in total. The third kappa shape index (κ3) is 4.78. The second-order valence-electron chi connectivity index (χ2n) is 8.29. The maximum absolute atomic E-state index is 15.4. The van der Waals surface area contributed by atoms with E-state index in [-0.39, 0.29) is 24.0 Å². The van der Waals surface area contributed by atoms with E-state index in [1.807, 2.05) is 29.2 Å². The van der Waals surface area contributed by atoms with E-state index >= 15 is 4.39 Å². The molecule has 1 aliphatic heterocycles. The normalized spacial score (nSPS) is 16.5. The van der Waals surface area contributed by atoms with Gasteiger partial charge in [0, 0.05) is 19.0 Å². The Morgan fingerprint density at radius 1 is 1.00 bits per heavy atom. The van der Waals surface area contributed by atoms with Crippen LogP contribution in [0.15, 0.2) is 54.9 Å². The molecule has 1 aromatic heterocycles. The smallest absolute Gasteiger partial charge is 0.270 e. The Hall–Kier alpha value is -2.93. The molecule has 0 spiro atoms. The van der Waals surface area contributed by atoms with Gasteiger partial charge in [0.15, 0.2) is 11.6 Å². The van der Waals surface area contributed by atoms with Gasteiger partial charge in [-0.25, -0.2) is 23.1 Å². The van der Waals surface area contributed by atoms with Gasteiger partial charge in [-0.05, 0) is 42.4 Å². The summed E-state index contributed by atoms with van der Waals surface area (Å²) >= 11 is 0. The van der Waals surface area contributed by atoms with E-state index in [0.717, 1.165) is 36.5 Å². The van der Waals surface area contributed by atoms with Crippen LogP contribution in [0, 0.1) is 5.82 Å². The highest BCUT2D eigenvalue weighted by atomic mass is 19.3. The number of hydrogen-bond donors (Lipinski definition) is 1. The Kier molecular flexibility index (Phi) is 6.46. The van der Waals surface area contributed by atoms with Gasteiger partial charge in [-0.1, -0.05) is 48.5 Å². The Morgan fingerprint density at radius 2 is 1.69 bits per heavy atom. The second-order valence-corrected chi connectivity index (χ2v) is 8.29. The molecule has 2 heterocycles. The number of nitrogens with zero attached hydrogens (tertiary/aromatic N) is 3. The molecular weight excluding hydrogens is 415 g/mol. The van der Waals surface area contributed by atoms with Crippen LogP contribution in [0.3, 0.4) is 0 Å². The van der Waals surface area contributed by atoms with Gasteiger partial charge in [0.1, 0.15) is 6.33 Å². The van der Waals surface area contributed by atoms with E-state index in [9.17, 15) is 8.78 Å². The second kappa shape index (κ2) is 9.28. The van der Waals surface area contributed by atoms with Crippen molar-refractivity contribution in [3.63, 3.8) is 0 Å². The predicted molar refractivity (Wildman–Crippen MR) is 117 cm³/mol. The highest BCUT2D eigenvalue weighted by Gasteiger charge is 2.31. The number of rotatable bonds is 7. The molecular formula is C25H26F3N3O. The zero-order valence-electron chi connectivity index (χ0n) is 17.9. The number of benzene rings is 2. The van der Waals surface area contributed by atoms with Crippen LogP contribution in [-0.4, -0.2) is 21.6 Å². The number of hydrogen-bond acceptors (Lipinski definition) is 4.